The number of hydrazine groups is 1. The van der Waals surface area contributed by atoms with Gasteiger partial charge in [0.15, 0.2) is 5.79 Å². The van der Waals surface area contributed by atoms with Crippen molar-refractivity contribution in [1.29, 1.82) is 0 Å². The Balaban J connectivity index is 1.68. The van der Waals surface area contributed by atoms with E-state index in [-0.39, 0.29) is 5.79 Å². The number of rotatable bonds is 5. The van der Waals surface area contributed by atoms with Gasteiger partial charge in [0.05, 0.1) is 19.8 Å². The SMILES string of the molecule is COCC1CCCN1N1CCOCC1(N1CCCC1)N1CCCC1C. The van der Waals surface area contributed by atoms with Crippen molar-refractivity contribution >= 4 is 0 Å². The number of hydrogen-bond donors (Lipinski definition) is 0. The second kappa shape index (κ2) is 7.79. The topological polar surface area (TPSA) is 31.4 Å². The molecule has 4 rings (SSSR count). The Morgan fingerprint density at radius 1 is 1.00 bits per heavy atom. The van der Waals surface area contributed by atoms with Gasteiger partial charge in [0.2, 0.25) is 0 Å². The second-order valence-corrected chi connectivity index (χ2v) is 8.24. The number of methoxy groups -OCH3 is 1. The largest absolute Gasteiger partial charge is 0.383 e. The summed E-state index contributed by atoms with van der Waals surface area (Å²) in [7, 11) is 1.84. The number of hydrogen-bond acceptors (Lipinski definition) is 6. The van der Waals surface area contributed by atoms with Crippen LogP contribution in [0.1, 0.15) is 45.4 Å². The first kappa shape index (κ1) is 18.1. The highest BCUT2D eigenvalue weighted by Gasteiger charge is 2.55. The third kappa shape index (κ3) is 3.15. The van der Waals surface area contributed by atoms with Gasteiger partial charge in [-0.1, -0.05) is 0 Å². The summed E-state index contributed by atoms with van der Waals surface area (Å²) >= 11 is 0. The lowest BCUT2D eigenvalue weighted by Gasteiger charge is -2.60. The summed E-state index contributed by atoms with van der Waals surface area (Å²) in [5.74, 6) is -0.0823. The van der Waals surface area contributed by atoms with Crippen LogP contribution in [-0.2, 0) is 9.47 Å². The van der Waals surface area contributed by atoms with Gasteiger partial charge in [-0.25, -0.2) is 10.0 Å². The van der Waals surface area contributed by atoms with Crippen LogP contribution < -0.4 is 0 Å². The van der Waals surface area contributed by atoms with Crippen molar-refractivity contribution in [2.45, 2.75) is 63.3 Å². The van der Waals surface area contributed by atoms with Crippen LogP contribution in [0.4, 0.5) is 0 Å². The molecule has 4 aliphatic heterocycles. The quantitative estimate of drug-likeness (QED) is 0.747. The van der Waals surface area contributed by atoms with Crippen LogP contribution in [0.15, 0.2) is 0 Å². The van der Waals surface area contributed by atoms with Gasteiger partial charge in [-0.3, -0.25) is 9.80 Å². The molecule has 0 aliphatic carbocycles. The van der Waals surface area contributed by atoms with Crippen molar-refractivity contribution in [3.05, 3.63) is 0 Å². The maximum absolute atomic E-state index is 6.16. The Morgan fingerprint density at radius 3 is 2.52 bits per heavy atom. The van der Waals surface area contributed by atoms with Gasteiger partial charge in [0, 0.05) is 51.9 Å². The van der Waals surface area contributed by atoms with E-state index in [1.165, 1.54) is 58.2 Å². The lowest BCUT2D eigenvalue weighted by molar-refractivity contribution is -0.298. The number of nitrogens with zero attached hydrogens (tertiary/aromatic N) is 4. The van der Waals surface area contributed by atoms with Crippen molar-refractivity contribution in [3.8, 4) is 0 Å². The molecule has 4 heterocycles. The first-order valence-corrected chi connectivity index (χ1v) is 10.4. The molecule has 25 heavy (non-hydrogen) atoms. The van der Waals surface area contributed by atoms with E-state index in [0.717, 1.165) is 32.9 Å². The van der Waals surface area contributed by atoms with E-state index in [2.05, 4.69) is 26.7 Å². The summed E-state index contributed by atoms with van der Waals surface area (Å²) in [6, 6.07) is 1.15. The van der Waals surface area contributed by atoms with Crippen molar-refractivity contribution in [2.75, 3.05) is 59.7 Å². The average Bonchev–Trinajstić information content (AvgIpc) is 3.37. The number of morpholine rings is 1. The fraction of sp³-hybridized carbons (Fsp3) is 1.00. The van der Waals surface area contributed by atoms with Crippen LogP contribution in [0.5, 0.6) is 0 Å². The summed E-state index contributed by atoms with van der Waals surface area (Å²) in [6.45, 7) is 10.7. The molecule has 6 heteroatoms. The molecule has 0 aromatic rings. The molecule has 0 aromatic heterocycles. The molecule has 3 unspecified atom stereocenters. The summed E-state index contributed by atoms with van der Waals surface area (Å²) in [5.41, 5.74) is 0. The summed E-state index contributed by atoms with van der Waals surface area (Å²) in [4.78, 5) is 5.50. The Morgan fingerprint density at radius 2 is 1.80 bits per heavy atom. The van der Waals surface area contributed by atoms with Gasteiger partial charge in [-0.15, -0.1) is 0 Å². The minimum atomic E-state index is -0.0823. The standard InChI is InChI=1S/C19H36N4O2/c1-17-7-5-11-21(17)19(20-9-3-4-10-20)16-25-14-13-23(19)22-12-6-8-18(22)15-24-2/h17-18H,3-16H2,1-2H3. The first-order chi connectivity index (χ1) is 12.3. The Labute approximate surface area is 153 Å². The molecule has 4 aliphatic rings. The van der Waals surface area contributed by atoms with Crippen LogP contribution in [0.25, 0.3) is 0 Å². The van der Waals surface area contributed by atoms with Crippen molar-refractivity contribution in [3.63, 3.8) is 0 Å². The molecule has 3 atom stereocenters. The maximum Gasteiger partial charge on any atom is 0.168 e. The molecule has 4 saturated heterocycles. The molecular weight excluding hydrogens is 316 g/mol. The fourth-order valence-electron chi connectivity index (χ4n) is 5.66. The zero-order chi connectivity index (χ0) is 17.3. The van der Waals surface area contributed by atoms with Crippen molar-refractivity contribution in [1.82, 2.24) is 19.8 Å². The molecule has 0 radical (unpaired) electrons. The van der Waals surface area contributed by atoms with E-state index in [1.807, 2.05) is 7.11 Å². The van der Waals surface area contributed by atoms with E-state index in [0.29, 0.717) is 12.1 Å². The first-order valence-electron chi connectivity index (χ1n) is 10.4. The molecule has 4 fully saturated rings. The monoisotopic (exact) mass is 352 g/mol. The Bertz CT molecular complexity index is 445. The molecule has 0 bridgehead atoms. The lowest BCUT2D eigenvalue weighted by Crippen LogP contribution is -2.78. The minimum Gasteiger partial charge on any atom is -0.383 e. The van der Waals surface area contributed by atoms with E-state index >= 15 is 0 Å². The molecule has 0 amide bonds. The average molecular weight is 353 g/mol. The smallest absolute Gasteiger partial charge is 0.168 e. The van der Waals surface area contributed by atoms with Gasteiger partial charge in [0.25, 0.3) is 0 Å². The predicted molar refractivity (Wildman–Crippen MR) is 98.1 cm³/mol. The van der Waals surface area contributed by atoms with E-state index in [9.17, 15) is 0 Å². The van der Waals surface area contributed by atoms with Gasteiger partial charge in [0.1, 0.15) is 0 Å². The molecule has 6 nitrogen and oxygen atoms in total. The predicted octanol–water partition coefficient (Wildman–Crippen LogP) is 1.58. The van der Waals surface area contributed by atoms with Crippen LogP contribution in [0.2, 0.25) is 0 Å². The van der Waals surface area contributed by atoms with Crippen LogP contribution in [0.3, 0.4) is 0 Å². The fourth-order valence-corrected chi connectivity index (χ4v) is 5.66. The van der Waals surface area contributed by atoms with E-state index < -0.39 is 0 Å². The zero-order valence-electron chi connectivity index (χ0n) is 16.2. The van der Waals surface area contributed by atoms with E-state index in [1.54, 1.807) is 0 Å². The number of ether oxygens (including phenoxy) is 2. The second-order valence-electron chi connectivity index (χ2n) is 8.24. The minimum absolute atomic E-state index is 0.0823. The summed E-state index contributed by atoms with van der Waals surface area (Å²) in [6.07, 6.45) is 7.78. The zero-order valence-corrected chi connectivity index (χ0v) is 16.2. The Hall–Kier alpha value is -0.240. The normalized spacial score (nSPS) is 39.6. The summed E-state index contributed by atoms with van der Waals surface area (Å²) < 4.78 is 11.7. The highest BCUT2D eigenvalue weighted by molar-refractivity contribution is 4.99. The molecule has 0 aromatic carbocycles. The molecule has 0 N–H and O–H groups in total. The Kier molecular flexibility index (Phi) is 5.65. The van der Waals surface area contributed by atoms with Crippen LogP contribution in [0, 0.1) is 0 Å². The van der Waals surface area contributed by atoms with Crippen LogP contribution in [-0.4, -0.2) is 97.3 Å². The van der Waals surface area contributed by atoms with Gasteiger partial charge < -0.3 is 9.47 Å². The lowest BCUT2D eigenvalue weighted by atomic mass is 10.1. The molecule has 0 spiro atoms. The maximum atomic E-state index is 6.16. The highest BCUT2D eigenvalue weighted by atomic mass is 16.5. The third-order valence-electron chi connectivity index (χ3n) is 6.80. The number of likely N-dealkylation sites (tertiary alicyclic amines) is 2. The van der Waals surface area contributed by atoms with Gasteiger partial charge >= 0.3 is 0 Å². The summed E-state index contributed by atoms with van der Waals surface area (Å²) in [5, 5.41) is 5.36. The molecule has 0 saturated carbocycles. The molecular formula is C19H36N4O2. The van der Waals surface area contributed by atoms with Crippen molar-refractivity contribution < 1.29 is 9.47 Å². The third-order valence-corrected chi connectivity index (χ3v) is 6.80. The van der Waals surface area contributed by atoms with E-state index in [4.69, 9.17) is 9.47 Å². The highest BCUT2D eigenvalue weighted by Crippen LogP contribution is 2.39. The van der Waals surface area contributed by atoms with Crippen molar-refractivity contribution in [2.24, 2.45) is 0 Å². The van der Waals surface area contributed by atoms with Gasteiger partial charge in [-0.05, 0) is 45.4 Å². The van der Waals surface area contributed by atoms with Gasteiger partial charge in [-0.2, -0.15) is 0 Å². The van der Waals surface area contributed by atoms with Crippen LogP contribution >= 0.6 is 0 Å². The molecule has 144 valence electrons.